The molecule has 0 saturated carbocycles. The van der Waals surface area contributed by atoms with Crippen LogP contribution in [0, 0.1) is 5.92 Å². The Morgan fingerprint density at radius 3 is 1.18 bits per heavy atom. The lowest BCUT2D eigenvalue weighted by Gasteiger charge is -2.25. The van der Waals surface area contributed by atoms with Crippen LogP contribution in [0.4, 0.5) is 0 Å². The summed E-state index contributed by atoms with van der Waals surface area (Å²) in [5.74, 6) is 0.710. The number of imidazole rings is 1. The summed E-state index contributed by atoms with van der Waals surface area (Å²) in [5, 5.41) is 0. The van der Waals surface area contributed by atoms with Gasteiger partial charge in [0.15, 0.2) is 0 Å². The van der Waals surface area contributed by atoms with E-state index in [0.717, 1.165) is 0 Å². The third-order valence-electron chi connectivity index (χ3n) is 11.4. The van der Waals surface area contributed by atoms with Crippen molar-refractivity contribution in [2.45, 2.75) is 238 Å². The molecule has 2 unspecified atom stereocenters. The van der Waals surface area contributed by atoms with Crippen LogP contribution in [0.2, 0.25) is 0 Å². The number of nitrogens with one attached hydrogen (secondary N) is 1. The van der Waals surface area contributed by atoms with E-state index >= 15 is 0 Å². The second kappa shape index (κ2) is 33.6. The second-order valence-electron chi connectivity index (χ2n) is 15.9. The molecule has 2 aromatic rings. The first-order valence-corrected chi connectivity index (χ1v) is 22.4. The first kappa shape index (κ1) is 43.6. The minimum atomic E-state index is 0.602. The predicted octanol–water partition coefficient (Wildman–Crippen LogP) is 15.6. The summed E-state index contributed by atoms with van der Waals surface area (Å²) in [5.41, 5.74) is 1.52. The summed E-state index contributed by atoms with van der Waals surface area (Å²) in [6, 6.07) is 11.9. The summed E-state index contributed by atoms with van der Waals surface area (Å²) in [6.07, 6.45) is 55.2. The van der Waals surface area contributed by atoms with Crippen molar-refractivity contribution in [1.29, 1.82) is 0 Å². The number of aromatic amines is 1. The van der Waals surface area contributed by atoms with Crippen LogP contribution in [0.25, 0.3) is 0 Å². The zero-order chi connectivity index (χ0) is 34.7. The van der Waals surface area contributed by atoms with Crippen LogP contribution in [0.3, 0.4) is 0 Å². The molecule has 2 nitrogen and oxygen atoms in total. The minimum Gasteiger partial charge on any atom is -0.250 e. The van der Waals surface area contributed by atoms with Gasteiger partial charge in [0, 0.05) is 5.92 Å². The number of hydrogen-bond acceptors (Lipinski definition) is 0. The quantitative estimate of drug-likeness (QED) is 0.0542. The number of unbranched alkanes of at least 4 members (excludes halogenated alkanes) is 29. The van der Waals surface area contributed by atoms with E-state index in [2.05, 4.69) is 72.5 Å². The van der Waals surface area contributed by atoms with Gasteiger partial charge in [-0.15, -0.1) is 0 Å². The van der Waals surface area contributed by atoms with Crippen LogP contribution in [0.15, 0.2) is 49.1 Å². The average molecular weight is 678 g/mol. The Kier molecular flexibility index (Phi) is 29.9. The van der Waals surface area contributed by atoms with E-state index in [9.17, 15) is 0 Å². The van der Waals surface area contributed by atoms with Gasteiger partial charge in [0.05, 0.1) is 0 Å². The van der Waals surface area contributed by atoms with E-state index in [-0.39, 0.29) is 0 Å². The van der Waals surface area contributed by atoms with Gasteiger partial charge in [0.2, 0.25) is 6.33 Å². The van der Waals surface area contributed by atoms with Crippen LogP contribution in [-0.2, 0) is 6.42 Å². The molecule has 0 aliphatic rings. The Morgan fingerprint density at radius 2 is 0.816 bits per heavy atom. The van der Waals surface area contributed by atoms with Gasteiger partial charge in [-0.25, -0.2) is 4.57 Å². The third kappa shape index (κ3) is 25.1. The summed E-state index contributed by atoms with van der Waals surface area (Å²) in [7, 11) is 0. The van der Waals surface area contributed by atoms with E-state index in [0.29, 0.717) is 12.0 Å². The van der Waals surface area contributed by atoms with E-state index in [1.165, 1.54) is 224 Å². The highest BCUT2D eigenvalue weighted by molar-refractivity contribution is 5.15. The van der Waals surface area contributed by atoms with Gasteiger partial charge in [-0.3, -0.25) is 4.98 Å². The van der Waals surface area contributed by atoms with Crippen LogP contribution < -0.4 is 4.57 Å². The summed E-state index contributed by atoms with van der Waals surface area (Å²) in [6.45, 7) is 4.62. The zero-order valence-corrected chi connectivity index (χ0v) is 33.3. The molecule has 0 radical (unpaired) electrons. The summed E-state index contributed by atoms with van der Waals surface area (Å²) < 4.78 is 2.52. The Morgan fingerprint density at radius 1 is 0.449 bits per heavy atom. The van der Waals surface area contributed by atoms with Crippen molar-refractivity contribution < 1.29 is 4.57 Å². The highest BCUT2D eigenvalue weighted by atomic mass is 15.1. The van der Waals surface area contributed by atoms with Crippen molar-refractivity contribution in [2.75, 3.05) is 0 Å². The maximum atomic E-state index is 3.37. The molecule has 49 heavy (non-hydrogen) atoms. The van der Waals surface area contributed by atoms with Crippen molar-refractivity contribution in [3.63, 3.8) is 0 Å². The maximum Gasteiger partial charge on any atom is 0.241 e. The molecule has 0 amide bonds. The van der Waals surface area contributed by atoms with Gasteiger partial charge < -0.3 is 0 Å². The van der Waals surface area contributed by atoms with Gasteiger partial charge in [-0.1, -0.05) is 237 Å². The van der Waals surface area contributed by atoms with Crippen LogP contribution in [0.1, 0.15) is 237 Å². The molecule has 1 aromatic heterocycles. The standard InChI is InChI=1S/C47H84N2/c1-3-5-7-9-11-13-15-17-19-21-22-24-26-28-30-35-39-46(43-45-37-33-32-34-38-45)47(49-42-41-48-44-49)40-36-31-29-27-25-23-20-18-16-14-12-10-8-6-4-2/h32-34,37-38,41-42,44,46-47H,3-31,35-36,39-40,43H2,1-2H3/p+1. The number of aromatic nitrogens is 2. The Balaban J connectivity index is 1.61. The van der Waals surface area contributed by atoms with Crippen molar-refractivity contribution in [3.05, 3.63) is 54.6 Å². The number of nitrogens with zero attached hydrogens (tertiary/aromatic N) is 1. The first-order valence-electron chi connectivity index (χ1n) is 22.4. The Hall–Kier alpha value is -1.57. The first-order chi connectivity index (χ1) is 24.3. The SMILES string of the molecule is CCCCCCCCCCCCCCCCCCC(Cc1ccccc1)C(CCCCCCCCCCCCCCCCC)[n+]1cc[nH]c1. The molecule has 1 heterocycles. The van der Waals surface area contributed by atoms with Gasteiger partial charge in [0.1, 0.15) is 18.4 Å². The van der Waals surface area contributed by atoms with Gasteiger partial charge in [-0.2, -0.15) is 0 Å². The summed E-state index contributed by atoms with van der Waals surface area (Å²) >= 11 is 0. The fourth-order valence-electron chi connectivity index (χ4n) is 8.16. The molecule has 1 N–H and O–H groups in total. The highest BCUT2D eigenvalue weighted by Crippen LogP contribution is 2.29. The molecule has 0 aliphatic carbocycles. The van der Waals surface area contributed by atoms with E-state index in [1.807, 2.05) is 0 Å². The molecule has 0 spiro atoms. The van der Waals surface area contributed by atoms with Crippen molar-refractivity contribution in [3.8, 4) is 0 Å². The Labute approximate surface area is 307 Å². The normalized spacial score (nSPS) is 12.9. The van der Waals surface area contributed by atoms with Gasteiger partial charge in [0.25, 0.3) is 0 Å². The maximum absolute atomic E-state index is 3.37. The van der Waals surface area contributed by atoms with Gasteiger partial charge >= 0.3 is 0 Å². The molecule has 0 bridgehead atoms. The predicted molar refractivity (Wildman–Crippen MR) is 217 cm³/mol. The molecule has 282 valence electrons. The molecule has 1 aromatic carbocycles. The lowest BCUT2D eigenvalue weighted by molar-refractivity contribution is -0.730. The number of hydrogen-bond donors (Lipinski definition) is 1. The molecule has 0 aliphatic heterocycles. The highest BCUT2D eigenvalue weighted by Gasteiger charge is 2.26. The molecule has 0 saturated heterocycles. The van der Waals surface area contributed by atoms with E-state index in [1.54, 1.807) is 0 Å². The summed E-state index contributed by atoms with van der Waals surface area (Å²) in [4.78, 5) is 3.37. The number of benzene rings is 1. The lowest BCUT2D eigenvalue weighted by Crippen LogP contribution is -2.42. The lowest BCUT2D eigenvalue weighted by atomic mass is 9.84. The fraction of sp³-hybridized carbons (Fsp3) is 0.809. The van der Waals surface area contributed by atoms with Crippen LogP contribution >= 0.6 is 0 Å². The molecule has 2 rings (SSSR count). The third-order valence-corrected chi connectivity index (χ3v) is 11.4. The minimum absolute atomic E-state index is 0.602. The van der Waals surface area contributed by atoms with Crippen LogP contribution in [-0.4, -0.2) is 4.98 Å². The van der Waals surface area contributed by atoms with Gasteiger partial charge in [-0.05, 0) is 31.2 Å². The molecule has 2 heteroatoms. The van der Waals surface area contributed by atoms with Crippen molar-refractivity contribution in [1.82, 2.24) is 4.98 Å². The number of rotatable bonds is 37. The van der Waals surface area contributed by atoms with E-state index in [4.69, 9.17) is 0 Å². The molecular weight excluding hydrogens is 593 g/mol. The fourth-order valence-corrected chi connectivity index (χ4v) is 8.16. The van der Waals surface area contributed by atoms with Crippen LogP contribution in [0.5, 0.6) is 0 Å². The number of H-pyrrole nitrogens is 1. The Bertz CT molecular complexity index is 890. The second-order valence-corrected chi connectivity index (χ2v) is 15.9. The van der Waals surface area contributed by atoms with Crippen molar-refractivity contribution in [2.24, 2.45) is 5.92 Å². The average Bonchev–Trinajstić information content (AvgIpc) is 3.66. The molecule has 2 atom stereocenters. The van der Waals surface area contributed by atoms with E-state index < -0.39 is 0 Å². The monoisotopic (exact) mass is 678 g/mol. The topological polar surface area (TPSA) is 19.7 Å². The molecule has 0 fully saturated rings. The smallest absolute Gasteiger partial charge is 0.241 e. The largest absolute Gasteiger partial charge is 0.250 e. The van der Waals surface area contributed by atoms with Crippen molar-refractivity contribution >= 4 is 0 Å². The zero-order valence-electron chi connectivity index (χ0n) is 33.3. The molecular formula is C47H85N2+.